The molecule has 2 aliphatic rings. The minimum atomic E-state index is -0.480. The first-order valence-corrected chi connectivity index (χ1v) is 8.90. The van der Waals surface area contributed by atoms with Gasteiger partial charge in [-0.1, -0.05) is 6.42 Å². The Bertz CT molecular complexity index is 798. The molecule has 0 aromatic carbocycles. The number of aromatic nitrogens is 3. The zero-order chi connectivity index (χ0) is 17.2. The number of nitrogens with zero attached hydrogens (tertiary/aromatic N) is 3. The number of hydrogen-bond acceptors (Lipinski definition) is 4. The van der Waals surface area contributed by atoms with Gasteiger partial charge in [-0.25, -0.2) is 4.79 Å². The molecular formula is C17H22N6O2. The molecule has 4 rings (SSSR count). The van der Waals surface area contributed by atoms with E-state index >= 15 is 0 Å². The van der Waals surface area contributed by atoms with E-state index in [1.807, 2.05) is 16.7 Å². The minimum Gasteiger partial charge on any atom is -0.354 e. The highest BCUT2D eigenvalue weighted by atomic mass is 16.2. The molecule has 2 aromatic heterocycles. The maximum absolute atomic E-state index is 12.3. The summed E-state index contributed by atoms with van der Waals surface area (Å²) in [5.74, 6) is 1.29. The van der Waals surface area contributed by atoms with Gasteiger partial charge in [-0.05, 0) is 44.2 Å². The first-order chi connectivity index (χ1) is 12.2. The molecule has 25 heavy (non-hydrogen) atoms. The molecule has 0 bridgehead atoms. The van der Waals surface area contributed by atoms with E-state index in [-0.39, 0.29) is 11.9 Å². The number of anilines is 1. The van der Waals surface area contributed by atoms with Crippen LogP contribution in [0.2, 0.25) is 0 Å². The third-order valence-corrected chi connectivity index (χ3v) is 5.00. The van der Waals surface area contributed by atoms with Crippen molar-refractivity contribution in [3.05, 3.63) is 24.2 Å². The van der Waals surface area contributed by atoms with Gasteiger partial charge in [0.05, 0.1) is 5.69 Å². The number of hydrogen-bond donors (Lipinski definition) is 3. The van der Waals surface area contributed by atoms with Crippen LogP contribution < -0.4 is 16.0 Å². The van der Waals surface area contributed by atoms with Crippen LogP contribution in [0.25, 0.3) is 5.65 Å². The summed E-state index contributed by atoms with van der Waals surface area (Å²) in [4.78, 5) is 24.2. The topological polar surface area (TPSA) is 100 Å². The second-order valence-corrected chi connectivity index (χ2v) is 6.77. The average molecular weight is 342 g/mol. The van der Waals surface area contributed by atoms with Crippen molar-refractivity contribution in [3.63, 3.8) is 0 Å². The van der Waals surface area contributed by atoms with E-state index in [9.17, 15) is 9.59 Å². The Labute approximate surface area is 145 Å². The maximum Gasteiger partial charge on any atom is 0.319 e. The quantitative estimate of drug-likeness (QED) is 0.791. The van der Waals surface area contributed by atoms with Crippen LogP contribution in [-0.4, -0.2) is 39.1 Å². The average Bonchev–Trinajstić information content (AvgIpc) is 2.83. The molecule has 132 valence electrons. The van der Waals surface area contributed by atoms with Crippen LogP contribution in [0, 0.1) is 0 Å². The monoisotopic (exact) mass is 342 g/mol. The Morgan fingerprint density at radius 3 is 2.84 bits per heavy atom. The highest BCUT2D eigenvalue weighted by molar-refractivity contribution is 5.93. The lowest BCUT2D eigenvalue weighted by molar-refractivity contribution is -0.122. The fourth-order valence-corrected chi connectivity index (χ4v) is 3.33. The minimum absolute atomic E-state index is 0.116. The summed E-state index contributed by atoms with van der Waals surface area (Å²) in [6, 6.07) is 2.77. The first kappa shape index (κ1) is 15.9. The van der Waals surface area contributed by atoms with Crippen LogP contribution in [0.15, 0.2) is 18.3 Å². The van der Waals surface area contributed by atoms with Crippen molar-refractivity contribution in [2.24, 2.45) is 0 Å². The molecule has 3 amide bonds. The SMILES string of the molecule is O=C(Nc1ccc2nnc(C3CCC3)n2c1)N[C@@H]1CCCCNC1=O. The van der Waals surface area contributed by atoms with Crippen LogP contribution in [0.3, 0.4) is 0 Å². The second-order valence-electron chi connectivity index (χ2n) is 6.77. The van der Waals surface area contributed by atoms with Gasteiger partial charge < -0.3 is 16.0 Å². The van der Waals surface area contributed by atoms with Gasteiger partial charge in [-0.2, -0.15) is 0 Å². The Morgan fingerprint density at radius 1 is 1.16 bits per heavy atom. The van der Waals surface area contributed by atoms with Gasteiger partial charge >= 0.3 is 6.03 Å². The Morgan fingerprint density at radius 2 is 2.04 bits per heavy atom. The van der Waals surface area contributed by atoms with Crippen molar-refractivity contribution in [2.75, 3.05) is 11.9 Å². The van der Waals surface area contributed by atoms with E-state index in [1.54, 1.807) is 6.07 Å². The van der Waals surface area contributed by atoms with Gasteiger partial charge in [-0.15, -0.1) is 10.2 Å². The summed E-state index contributed by atoms with van der Waals surface area (Å²) in [5.41, 5.74) is 1.43. The summed E-state index contributed by atoms with van der Waals surface area (Å²) in [7, 11) is 0. The van der Waals surface area contributed by atoms with E-state index < -0.39 is 6.04 Å². The van der Waals surface area contributed by atoms with Crippen LogP contribution in [0.4, 0.5) is 10.5 Å². The standard InChI is InChI=1S/C17H22N6O2/c24-16-13(6-1-2-9-18-16)20-17(25)19-12-7-8-14-21-22-15(23(14)10-12)11-4-3-5-11/h7-8,10-11,13H,1-6,9H2,(H,18,24)(H2,19,20,25)/t13-/m1/s1. The summed E-state index contributed by atoms with van der Waals surface area (Å²) in [6.45, 7) is 0.673. The number of carbonyl (C=O) groups is 2. The lowest BCUT2D eigenvalue weighted by Gasteiger charge is -2.23. The van der Waals surface area contributed by atoms with Crippen molar-refractivity contribution >= 4 is 23.3 Å². The largest absolute Gasteiger partial charge is 0.354 e. The van der Waals surface area contributed by atoms with Gasteiger partial charge in [0.2, 0.25) is 5.91 Å². The lowest BCUT2D eigenvalue weighted by atomic mass is 9.85. The number of carbonyl (C=O) groups excluding carboxylic acids is 2. The number of rotatable bonds is 3. The summed E-state index contributed by atoms with van der Waals surface area (Å²) >= 11 is 0. The van der Waals surface area contributed by atoms with Gasteiger partial charge in [0.25, 0.3) is 0 Å². The molecule has 8 nitrogen and oxygen atoms in total. The lowest BCUT2D eigenvalue weighted by Crippen LogP contribution is -2.47. The molecule has 1 aliphatic carbocycles. The van der Waals surface area contributed by atoms with Gasteiger partial charge in [-0.3, -0.25) is 9.20 Å². The van der Waals surface area contributed by atoms with Crippen molar-refractivity contribution in [1.82, 2.24) is 25.2 Å². The van der Waals surface area contributed by atoms with Crippen LogP contribution in [-0.2, 0) is 4.79 Å². The summed E-state index contributed by atoms with van der Waals surface area (Å²) in [6.07, 6.45) is 7.86. The predicted octanol–water partition coefficient (Wildman–Crippen LogP) is 1.79. The molecule has 1 saturated heterocycles. The van der Waals surface area contributed by atoms with Crippen LogP contribution in [0.1, 0.15) is 50.3 Å². The number of urea groups is 1. The summed E-state index contributed by atoms with van der Waals surface area (Å²) in [5, 5.41) is 16.8. The van der Waals surface area contributed by atoms with Crippen LogP contribution >= 0.6 is 0 Å². The van der Waals surface area contributed by atoms with Gasteiger partial charge in [0.15, 0.2) is 5.65 Å². The van der Waals surface area contributed by atoms with Crippen molar-refractivity contribution in [2.45, 2.75) is 50.5 Å². The van der Waals surface area contributed by atoms with Gasteiger partial charge in [0, 0.05) is 18.7 Å². The molecule has 0 radical (unpaired) electrons. The Balaban J connectivity index is 1.46. The van der Waals surface area contributed by atoms with Crippen molar-refractivity contribution < 1.29 is 9.59 Å². The van der Waals surface area contributed by atoms with E-state index in [1.165, 1.54) is 6.42 Å². The Kier molecular flexibility index (Phi) is 4.25. The molecule has 0 spiro atoms. The van der Waals surface area contributed by atoms with Crippen LogP contribution in [0.5, 0.6) is 0 Å². The van der Waals surface area contributed by atoms with Crippen molar-refractivity contribution in [3.8, 4) is 0 Å². The first-order valence-electron chi connectivity index (χ1n) is 8.90. The number of fused-ring (bicyclic) bond motifs is 1. The predicted molar refractivity (Wildman–Crippen MR) is 92.4 cm³/mol. The zero-order valence-corrected chi connectivity index (χ0v) is 14.0. The van der Waals surface area contributed by atoms with E-state index in [2.05, 4.69) is 26.1 Å². The number of amides is 3. The van der Waals surface area contributed by atoms with Gasteiger partial charge in [0.1, 0.15) is 11.9 Å². The second kappa shape index (κ2) is 6.70. The molecule has 3 heterocycles. The molecule has 0 unspecified atom stereocenters. The number of pyridine rings is 1. The molecule has 1 aliphatic heterocycles. The third kappa shape index (κ3) is 3.29. The molecule has 1 saturated carbocycles. The molecule has 2 aromatic rings. The third-order valence-electron chi connectivity index (χ3n) is 5.00. The highest BCUT2D eigenvalue weighted by Crippen LogP contribution is 2.35. The summed E-state index contributed by atoms with van der Waals surface area (Å²) < 4.78 is 1.94. The number of nitrogens with one attached hydrogen (secondary N) is 3. The zero-order valence-electron chi connectivity index (χ0n) is 14.0. The highest BCUT2D eigenvalue weighted by Gasteiger charge is 2.25. The van der Waals surface area contributed by atoms with Crippen molar-refractivity contribution in [1.29, 1.82) is 0 Å². The normalized spacial score (nSPS) is 21.3. The Hall–Kier alpha value is -2.64. The molecule has 2 fully saturated rings. The molecule has 8 heteroatoms. The molecule has 1 atom stereocenters. The van der Waals surface area contributed by atoms with E-state index in [4.69, 9.17) is 0 Å². The van der Waals surface area contributed by atoms with E-state index in [0.29, 0.717) is 24.6 Å². The molecular weight excluding hydrogens is 320 g/mol. The fraction of sp³-hybridized carbons (Fsp3) is 0.529. The van der Waals surface area contributed by atoms with E-state index in [0.717, 1.165) is 37.2 Å². The fourth-order valence-electron chi connectivity index (χ4n) is 3.33. The smallest absolute Gasteiger partial charge is 0.319 e. The maximum atomic E-state index is 12.3. The molecule has 3 N–H and O–H groups in total.